The summed E-state index contributed by atoms with van der Waals surface area (Å²) in [6.45, 7) is 4.13. The SMILES string of the molecule is CCC(C)c1nnc2ccc(F)cn12. The van der Waals surface area contributed by atoms with Crippen LogP contribution in [0.4, 0.5) is 4.39 Å². The average molecular weight is 193 g/mol. The maximum Gasteiger partial charge on any atom is 0.160 e. The Hall–Kier alpha value is -1.45. The smallest absolute Gasteiger partial charge is 0.160 e. The number of halogens is 1. The molecule has 0 spiro atoms. The van der Waals surface area contributed by atoms with Gasteiger partial charge in [0.1, 0.15) is 11.6 Å². The Morgan fingerprint density at radius 2 is 2.21 bits per heavy atom. The molecule has 0 aliphatic heterocycles. The van der Waals surface area contributed by atoms with Gasteiger partial charge in [0.2, 0.25) is 0 Å². The van der Waals surface area contributed by atoms with Crippen molar-refractivity contribution in [2.45, 2.75) is 26.2 Å². The van der Waals surface area contributed by atoms with E-state index in [0.717, 1.165) is 12.2 Å². The highest BCUT2D eigenvalue weighted by atomic mass is 19.1. The second-order valence-corrected chi connectivity index (χ2v) is 3.44. The zero-order valence-corrected chi connectivity index (χ0v) is 8.24. The van der Waals surface area contributed by atoms with Crippen molar-refractivity contribution in [1.82, 2.24) is 14.6 Å². The number of aromatic nitrogens is 3. The second-order valence-electron chi connectivity index (χ2n) is 3.44. The van der Waals surface area contributed by atoms with Crippen LogP contribution in [0.2, 0.25) is 0 Å². The van der Waals surface area contributed by atoms with Crippen LogP contribution in [0.5, 0.6) is 0 Å². The van der Waals surface area contributed by atoms with E-state index >= 15 is 0 Å². The van der Waals surface area contributed by atoms with Gasteiger partial charge in [-0.15, -0.1) is 10.2 Å². The van der Waals surface area contributed by atoms with Gasteiger partial charge in [-0.2, -0.15) is 0 Å². The minimum absolute atomic E-state index is 0.262. The molecule has 0 saturated carbocycles. The van der Waals surface area contributed by atoms with Crippen molar-refractivity contribution in [1.29, 1.82) is 0 Å². The third kappa shape index (κ3) is 1.36. The van der Waals surface area contributed by atoms with Gasteiger partial charge in [-0.3, -0.25) is 4.40 Å². The van der Waals surface area contributed by atoms with E-state index in [4.69, 9.17) is 0 Å². The van der Waals surface area contributed by atoms with Gasteiger partial charge >= 0.3 is 0 Å². The van der Waals surface area contributed by atoms with Gasteiger partial charge < -0.3 is 0 Å². The summed E-state index contributed by atoms with van der Waals surface area (Å²) in [6.07, 6.45) is 2.40. The molecule has 2 aromatic rings. The first-order valence-corrected chi connectivity index (χ1v) is 4.72. The van der Waals surface area contributed by atoms with Crippen LogP contribution in [0.1, 0.15) is 32.0 Å². The molecule has 0 aliphatic rings. The molecule has 0 saturated heterocycles. The third-order valence-electron chi connectivity index (χ3n) is 2.45. The molecule has 0 aliphatic carbocycles. The van der Waals surface area contributed by atoms with Crippen LogP contribution in [0.3, 0.4) is 0 Å². The Kier molecular flexibility index (Phi) is 2.19. The number of hydrogen-bond acceptors (Lipinski definition) is 2. The summed E-state index contributed by atoms with van der Waals surface area (Å²) in [5, 5.41) is 8.03. The first kappa shape index (κ1) is 9.12. The molecule has 4 heteroatoms. The minimum atomic E-state index is -0.262. The van der Waals surface area contributed by atoms with Crippen molar-refractivity contribution in [3.63, 3.8) is 0 Å². The third-order valence-corrected chi connectivity index (χ3v) is 2.45. The molecule has 0 aromatic carbocycles. The molecule has 74 valence electrons. The summed E-state index contributed by atoms with van der Waals surface area (Å²) in [7, 11) is 0. The lowest BCUT2D eigenvalue weighted by Crippen LogP contribution is -1.99. The van der Waals surface area contributed by atoms with Crippen LogP contribution in [0, 0.1) is 5.82 Å². The summed E-state index contributed by atoms with van der Waals surface area (Å²) in [6, 6.07) is 3.03. The van der Waals surface area contributed by atoms with Gasteiger partial charge in [0.05, 0.1) is 0 Å². The number of hydrogen-bond donors (Lipinski definition) is 0. The molecular weight excluding hydrogens is 181 g/mol. The van der Waals surface area contributed by atoms with Crippen molar-refractivity contribution < 1.29 is 4.39 Å². The summed E-state index contributed by atoms with van der Waals surface area (Å²) in [5.41, 5.74) is 0.696. The molecule has 0 bridgehead atoms. The van der Waals surface area contributed by atoms with E-state index in [-0.39, 0.29) is 5.82 Å². The standard InChI is InChI=1S/C10H12FN3/c1-3-7(2)10-13-12-9-5-4-8(11)6-14(9)10/h4-7H,3H2,1-2H3. The minimum Gasteiger partial charge on any atom is -0.283 e. The van der Waals surface area contributed by atoms with Crippen LogP contribution in [-0.4, -0.2) is 14.6 Å². The molecule has 14 heavy (non-hydrogen) atoms. The van der Waals surface area contributed by atoms with Gasteiger partial charge in [-0.1, -0.05) is 13.8 Å². The van der Waals surface area contributed by atoms with Crippen molar-refractivity contribution in [2.24, 2.45) is 0 Å². The van der Waals surface area contributed by atoms with E-state index in [2.05, 4.69) is 24.0 Å². The van der Waals surface area contributed by atoms with Crippen LogP contribution < -0.4 is 0 Å². The van der Waals surface area contributed by atoms with Crippen LogP contribution in [0.25, 0.3) is 5.65 Å². The largest absolute Gasteiger partial charge is 0.283 e. The van der Waals surface area contributed by atoms with Crippen molar-refractivity contribution in [2.75, 3.05) is 0 Å². The van der Waals surface area contributed by atoms with Crippen LogP contribution >= 0.6 is 0 Å². The van der Waals surface area contributed by atoms with Crippen LogP contribution in [-0.2, 0) is 0 Å². The predicted molar refractivity (Wildman–Crippen MR) is 51.7 cm³/mol. The molecule has 3 nitrogen and oxygen atoms in total. The summed E-state index contributed by atoms with van der Waals surface area (Å²) >= 11 is 0. The molecule has 2 heterocycles. The molecule has 0 radical (unpaired) electrons. The van der Waals surface area contributed by atoms with E-state index in [0.29, 0.717) is 11.6 Å². The molecule has 1 atom stereocenters. The highest BCUT2D eigenvalue weighted by Gasteiger charge is 2.11. The number of nitrogens with zero attached hydrogens (tertiary/aromatic N) is 3. The molecule has 0 amide bonds. The van der Waals surface area contributed by atoms with Crippen molar-refractivity contribution in [3.05, 3.63) is 30.0 Å². The second kappa shape index (κ2) is 3.36. The van der Waals surface area contributed by atoms with Gasteiger partial charge in [-0.05, 0) is 18.6 Å². The van der Waals surface area contributed by atoms with E-state index in [1.165, 1.54) is 12.3 Å². The fourth-order valence-electron chi connectivity index (χ4n) is 1.40. The lowest BCUT2D eigenvalue weighted by atomic mass is 10.1. The van der Waals surface area contributed by atoms with E-state index in [1.54, 1.807) is 10.5 Å². The van der Waals surface area contributed by atoms with Gasteiger partial charge in [0.15, 0.2) is 5.65 Å². The Morgan fingerprint density at radius 1 is 1.43 bits per heavy atom. The molecule has 0 N–H and O–H groups in total. The van der Waals surface area contributed by atoms with E-state index in [1.807, 2.05) is 0 Å². The molecule has 2 aromatic heterocycles. The van der Waals surface area contributed by atoms with Crippen molar-refractivity contribution in [3.8, 4) is 0 Å². The number of pyridine rings is 1. The van der Waals surface area contributed by atoms with Gasteiger partial charge in [-0.25, -0.2) is 4.39 Å². The Morgan fingerprint density at radius 3 is 2.93 bits per heavy atom. The molecule has 0 fully saturated rings. The molecule has 2 rings (SSSR count). The highest BCUT2D eigenvalue weighted by molar-refractivity contribution is 5.37. The summed E-state index contributed by atoms with van der Waals surface area (Å²) in [4.78, 5) is 0. The first-order chi connectivity index (χ1) is 6.72. The lowest BCUT2D eigenvalue weighted by molar-refractivity contribution is 0.610. The fraction of sp³-hybridized carbons (Fsp3) is 0.400. The van der Waals surface area contributed by atoms with Gasteiger partial charge in [0, 0.05) is 12.1 Å². The zero-order valence-electron chi connectivity index (χ0n) is 8.24. The zero-order chi connectivity index (χ0) is 10.1. The Balaban J connectivity index is 2.61. The van der Waals surface area contributed by atoms with E-state index < -0.39 is 0 Å². The highest BCUT2D eigenvalue weighted by Crippen LogP contribution is 2.17. The number of rotatable bonds is 2. The Labute approximate surface area is 81.6 Å². The maximum atomic E-state index is 13.0. The summed E-state index contributed by atoms with van der Waals surface area (Å²) in [5.74, 6) is 0.857. The van der Waals surface area contributed by atoms with E-state index in [9.17, 15) is 4.39 Å². The summed E-state index contributed by atoms with van der Waals surface area (Å²) < 4.78 is 14.7. The Bertz CT molecular complexity index is 450. The quantitative estimate of drug-likeness (QED) is 0.733. The van der Waals surface area contributed by atoms with Crippen LogP contribution in [0.15, 0.2) is 18.3 Å². The normalized spacial score (nSPS) is 13.4. The molecule has 1 unspecified atom stereocenters. The number of fused-ring (bicyclic) bond motifs is 1. The monoisotopic (exact) mass is 193 g/mol. The lowest BCUT2D eigenvalue weighted by Gasteiger charge is -2.05. The predicted octanol–water partition coefficient (Wildman–Crippen LogP) is 2.38. The fourth-order valence-corrected chi connectivity index (χ4v) is 1.40. The van der Waals surface area contributed by atoms with Crippen molar-refractivity contribution >= 4 is 5.65 Å². The molecular formula is C10H12FN3. The van der Waals surface area contributed by atoms with Gasteiger partial charge in [0.25, 0.3) is 0 Å². The maximum absolute atomic E-state index is 13.0. The first-order valence-electron chi connectivity index (χ1n) is 4.72. The topological polar surface area (TPSA) is 30.2 Å². The average Bonchev–Trinajstić information content (AvgIpc) is 2.59.